The zero-order chi connectivity index (χ0) is 15.7. The van der Waals surface area contributed by atoms with Gasteiger partial charge in [-0.15, -0.1) is 0 Å². The summed E-state index contributed by atoms with van der Waals surface area (Å²) in [6.07, 6.45) is 0.844. The number of carbonyl (C=O) groups excluding carboxylic acids is 1. The summed E-state index contributed by atoms with van der Waals surface area (Å²) in [6.45, 7) is 1.35. The Morgan fingerprint density at radius 1 is 1.33 bits per heavy atom. The van der Waals surface area contributed by atoms with Crippen LogP contribution < -0.4 is 21.1 Å². The van der Waals surface area contributed by atoms with Crippen molar-refractivity contribution in [3.05, 3.63) is 29.8 Å². The number of methoxy groups -OCH3 is 1. The van der Waals surface area contributed by atoms with Gasteiger partial charge in [0.2, 0.25) is 0 Å². The van der Waals surface area contributed by atoms with Crippen LogP contribution in [0.25, 0.3) is 0 Å². The Balaban J connectivity index is 2.39. The maximum Gasteiger partial charge on any atom is 0.269 e. The lowest BCUT2D eigenvalue weighted by atomic mass is 10.2. The van der Waals surface area contributed by atoms with E-state index in [1.807, 2.05) is 37.2 Å². The number of benzene rings is 1. The number of hydrogen-bond donors (Lipinski definition) is 3. The van der Waals surface area contributed by atoms with Gasteiger partial charge in [0.25, 0.3) is 5.91 Å². The van der Waals surface area contributed by atoms with Gasteiger partial charge in [0, 0.05) is 45.6 Å². The summed E-state index contributed by atoms with van der Waals surface area (Å²) < 4.78 is 4.93. The number of rotatable bonds is 6. The fourth-order valence-corrected chi connectivity index (χ4v) is 1.73. The highest BCUT2D eigenvalue weighted by molar-refractivity contribution is 7.80. The molecule has 6 nitrogen and oxygen atoms in total. The maximum atomic E-state index is 12.0. The van der Waals surface area contributed by atoms with Gasteiger partial charge in [-0.3, -0.25) is 15.6 Å². The van der Waals surface area contributed by atoms with Crippen LogP contribution in [0.2, 0.25) is 0 Å². The molecular weight excluding hydrogens is 288 g/mol. The number of nitrogens with one attached hydrogen (secondary N) is 3. The number of hydrazine groups is 1. The molecule has 0 aliphatic heterocycles. The highest BCUT2D eigenvalue weighted by Gasteiger charge is 2.07. The van der Waals surface area contributed by atoms with E-state index in [-0.39, 0.29) is 5.91 Å². The topological polar surface area (TPSA) is 65.6 Å². The van der Waals surface area contributed by atoms with Crippen LogP contribution in [0.4, 0.5) is 5.69 Å². The molecule has 0 aliphatic rings. The second-order valence-corrected chi connectivity index (χ2v) is 5.03. The first-order chi connectivity index (χ1) is 10.0. The molecule has 0 spiro atoms. The summed E-state index contributed by atoms with van der Waals surface area (Å²) in [5.74, 6) is -0.236. The molecule has 0 fully saturated rings. The Kier molecular flexibility index (Phi) is 7.49. The average Bonchev–Trinajstić information content (AvgIpc) is 2.49. The van der Waals surface area contributed by atoms with Crippen LogP contribution >= 0.6 is 12.2 Å². The summed E-state index contributed by atoms with van der Waals surface area (Å²) in [5.41, 5.74) is 6.76. The van der Waals surface area contributed by atoms with Crippen molar-refractivity contribution in [3.63, 3.8) is 0 Å². The van der Waals surface area contributed by atoms with Crippen molar-refractivity contribution in [1.82, 2.24) is 16.2 Å². The molecule has 0 radical (unpaired) electrons. The van der Waals surface area contributed by atoms with Crippen LogP contribution in [0.1, 0.15) is 16.8 Å². The third-order valence-corrected chi connectivity index (χ3v) is 2.97. The van der Waals surface area contributed by atoms with Crippen LogP contribution in [0.5, 0.6) is 0 Å². The standard InChI is InChI=1S/C14H22N4O2S/c1-18(2)12-7-4-6-11(10-12)13(19)16-17-14(21)15-8-5-9-20-3/h4,6-7,10H,5,8-9H2,1-3H3,(H,16,19)(H2,15,17,21). The van der Waals surface area contributed by atoms with Gasteiger partial charge in [-0.05, 0) is 36.8 Å². The Morgan fingerprint density at radius 3 is 2.76 bits per heavy atom. The molecule has 0 aliphatic carbocycles. The number of nitrogens with zero attached hydrogens (tertiary/aromatic N) is 1. The van der Waals surface area contributed by atoms with Crippen LogP contribution in [-0.2, 0) is 4.74 Å². The Bertz CT molecular complexity index is 480. The lowest BCUT2D eigenvalue weighted by Gasteiger charge is -2.14. The van der Waals surface area contributed by atoms with E-state index in [1.165, 1.54) is 0 Å². The maximum absolute atomic E-state index is 12.0. The number of ether oxygens (including phenoxy) is 1. The molecule has 7 heteroatoms. The molecule has 0 aromatic heterocycles. The van der Waals surface area contributed by atoms with Crippen molar-refractivity contribution in [2.45, 2.75) is 6.42 Å². The molecule has 0 saturated heterocycles. The van der Waals surface area contributed by atoms with E-state index in [0.29, 0.717) is 23.8 Å². The Morgan fingerprint density at radius 2 is 2.10 bits per heavy atom. The minimum Gasteiger partial charge on any atom is -0.385 e. The van der Waals surface area contributed by atoms with E-state index < -0.39 is 0 Å². The van der Waals surface area contributed by atoms with Crippen LogP contribution in [0, 0.1) is 0 Å². The van der Waals surface area contributed by atoms with Gasteiger partial charge < -0.3 is 15.0 Å². The number of amides is 1. The lowest BCUT2D eigenvalue weighted by Crippen LogP contribution is -2.47. The van der Waals surface area contributed by atoms with E-state index >= 15 is 0 Å². The number of anilines is 1. The van der Waals surface area contributed by atoms with Gasteiger partial charge in [0.1, 0.15) is 0 Å². The van der Waals surface area contributed by atoms with E-state index in [4.69, 9.17) is 17.0 Å². The smallest absolute Gasteiger partial charge is 0.269 e. The third kappa shape index (κ3) is 6.42. The van der Waals surface area contributed by atoms with Crippen molar-refractivity contribution >= 4 is 28.9 Å². The Hall–Kier alpha value is -1.86. The summed E-state index contributed by atoms with van der Waals surface area (Å²) >= 11 is 5.05. The van der Waals surface area contributed by atoms with E-state index in [2.05, 4.69) is 16.2 Å². The van der Waals surface area contributed by atoms with Crippen LogP contribution in [0.3, 0.4) is 0 Å². The van der Waals surface area contributed by atoms with Crippen molar-refractivity contribution in [2.24, 2.45) is 0 Å². The van der Waals surface area contributed by atoms with Crippen LogP contribution in [-0.4, -0.2) is 45.4 Å². The third-order valence-electron chi connectivity index (χ3n) is 2.73. The summed E-state index contributed by atoms with van der Waals surface area (Å²) in [4.78, 5) is 13.9. The zero-order valence-electron chi connectivity index (χ0n) is 12.6. The fraction of sp³-hybridized carbons (Fsp3) is 0.429. The summed E-state index contributed by atoms with van der Waals surface area (Å²) in [6, 6.07) is 7.34. The highest BCUT2D eigenvalue weighted by atomic mass is 32.1. The first kappa shape index (κ1) is 17.2. The molecule has 1 aromatic rings. The summed E-state index contributed by atoms with van der Waals surface area (Å²) in [7, 11) is 5.50. The average molecular weight is 310 g/mol. The minimum atomic E-state index is -0.236. The number of hydrogen-bond acceptors (Lipinski definition) is 4. The molecule has 21 heavy (non-hydrogen) atoms. The van der Waals surface area contributed by atoms with Crippen molar-refractivity contribution in [1.29, 1.82) is 0 Å². The molecular formula is C14H22N4O2S. The largest absolute Gasteiger partial charge is 0.385 e. The number of carbonyl (C=O) groups is 1. The number of thiocarbonyl (C=S) groups is 1. The monoisotopic (exact) mass is 310 g/mol. The second kappa shape index (κ2) is 9.15. The quantitative estimate of drug-likeness (QED) is 0.412. The second-order valence-electron chi connectivity index (χ2n) is 4.63. The molecule has 116 valence electrons. The molecule has 0 unspecified atom stereocenters. The van der Waals surface area contributed by atoms with Gasteiger partial charge in [0.05, 0.1) is 0 Å². The molecule has 0 saturated carbocycles. The van der Waals surface area contributed by atoms with Gasteiger partial charge in [-0.2, -0.15) is 0 Å². The molecule has 0 atom stereocenters. The predicted octanol–water partition coefficient (Wildman–Crippen LogP) is 0.898. The first-order valence-electron chi connectivity index (χ1n) is 6.65. The zero-order valence-corrected chi connectivity index (χ0v) is 13.4. The molecule has 1 rings (SSSR count). The van der Waals surface area contributed by atoms with Gasteiger partial charge in [-0.1, -0.05) is 6.07 Å². The van der Waals surface area contributed by atoms with Crippen molar-refractivity contribution in [3.8, 4) is 0 Å². The van der Waals surface area contributed by atoms with E-state index in [9.17, 15) is 4.79 Å². The molecule has 0 bridgehead atoms. The van der Waals surface area contributed by atoms with Crippen molar-refractivity contribution < 1.29 is 9.53 Å². The van der Waals surface area contributed by atoms with Gasteiger partial charge >= 0.3 is 0 Å². The highest BCUT2D eigenvalue weighted by Crippen LogP contribution is 2.12. The normalized spacial score (nSPS) is 9.86. The molecule has 3 N–H and O–H groups in total. The first-order valence-corrected chi connectivity index (χ1v) is 7.06. The predicted molar refractivity (Wildman–Crippen MR) is 88.5 cm³/mol. The lowest BCUT2D eigenvalue weighted by molar-refractivity contribution is 0.0943. The fourth-order valence-electron chi connectivity index (χ4n) is 1.57. The van der Waals surface area contributed by atoms with E-state index in [0.717, 1.165) is 12.1 Å². The van der Waals surface area contributed by atoms with Gasteiger partial charge in [-0.25, -0.2) is 0 Å². The SMILES string of the molecule is COCCCNC(=S)NNC(=O)c1cccc(N(C)C)c1. The van der Waals surface area contributed by atoms with Crippen molar-refractivity contribution in [2.75, 3.05) is 39.3 Å². The van der Waals surface area contributed by atoms with Crippen LogP contribution in [0.15, 0.2) is 24.3 Å². The molecule has 0 heterocycles. The van der Waals surface area contributed by atoms with Gasteiger partial charge in [0.15, 0.2) is 5.11 Å². The minimum absolute atomic E-state index is 0.236. The molecule has 1 aromatic carbocycles. The summed E-state index contributed by atoms with van der Waals surface area (Å²) in [5, 5.41) is 3.35. The Labute approximate surface area is 130 Å². The van der Waals surface area contributed by atoms with E-state index in [1.54, 1.807) is 13.2 Å². The molecule has 1 amide bonds.